The number of hydrogen-bond donors (Lipinski definition) is 1. The van der Waals surface area contributed by atoms with Crippen molar-refractivity contribution < 1.29 is 4.42 Å². The van der Waals surface area contributed by atoms with Gasteiger partial charge in [-0.25, -0.2) is 0 Å². The minimum absolute atomic E-state index is 0.0490. The Balaban J connectivity index is 1.09. The van der Waals surface area contributed by atoms with Gasteiger partial charge in [-0.1, -0.05) is 172 Å². The lowest BCUT2D eigenvalue weighted by Gasteiger charge is -2.27. The molecule has 0 fully saturated rings. The topological polar surface area (TPSA) is 30.1 Å². The van der Waals surface area contributed by atoms with Gasteiger partial charge in [-0.3, -0.25) is 0 Å². The number of fused-ring (bicyclic) bond motifs is 12. The molecular formula is C64H57BN2O. The minimum atomic E-state index is -0.180. The van der Waals surface area contributed by atoms with Gasteiger partial charge < -0.3 is 14.3 Å². The molecule has 3 heterocycles. The van der Waals surface area contributed by atoms with Crippen LogP contribution in [0.5, 0.6) is 0 Å². The van der Waals surface area contributed by atoms with Crippen LogP contribution in [-0.2, 0) is 21.7 Å². The van der Waals surface area contributed by atoms with Crippen LogP contribution in [0.2, 0.25) is 0 Å². The summed E-state index contributed by atoms with van der Waals surface area (Å²) < 4.78 is 9.32. The highest BCUT2D eigenvalue weighted by molar-refractivity contribution is 6.73. The summed E-state index contributed by atoms with van der Waals surface area (Å²) in [5.41, 5.74) is 26.4. The average Bonchev–Trinajstić information content (AvgIpc) is 4.01. The first-order chi connectivity index (χ1) is 32.4. The number of furan rings is 1. The molecule has 10 aromatic rings. The molecule has 4 heteroatoms. The number of hydrogen-bond acceptors (Lipinski definition) is 2. The van der Waals surface area contributed by atoms with Gasteiger partial charge in [0.2, 0.25) is 0 Å². The molecule has 3 nitrogen and oxygen atoms in total. The molecule has 0 bridgehead atoms. The van der Waals surface area contributed by atoms with E-state index in [1.54, 1.807) is 0 Å². The molecule has 2 aliphatic carbocycles. The fraction of sp³-hybridized carbons (Fsp3) is 0.219. The summed E-state index contributed by atoms with van der Waals surface area (Å²) in [6, 6.07) is 57.6. The van der Waals surface area contributed by atoms with Crippen molar-refractivity contribution in [2.24, 2.45) is 0 Å². The Labute approximate surface area is 401 Å². The molecule has 0 amide bonds. The van der Waals surface area contributed by atoms with E-state index in [4.69, 9.17) is 4.42 Å². The maximum atomic E-state index is 6.72. The number of aromatic nitrogens is 1. The number of anilines is 2. The molecule has 0 unspecified atom stereocenters. The maximum absolute atomic E-state index is 6.72. The normalized spacial score (nSPS) is 15.0. The van der Waals surface area contributed by atoms with E-state index < -0.39 is 0 Å². The van der Waals surface area contributed by atoms with E-state index in [9.17, 15) is 0 Å². The fourth-order valence-corrected chi connectivity index (χ4v) is 12.2. The van der Waals surface area contributed by atoms with Crippen molar-refractivity contribution in [1.29, 1.82) is 0 Å². The van der Waals surface area contributed by atoms with E-state index in [0.29, 0.717) is 0 Å². The summed E-state index contributed by atoms with van der Waals surface area (Å²) in [6.45, 7) is 23.4. The molecule has 0 radical (unpaired) electrons. The van der Waals surface area contributed by atoms with Gasteiger partial charge in [0.25, 0.3) is 0 Å². The summed E-state index contributed by atoms with van der Waals surface area (Å²) in [6.07, 6.45) is 0. The van der Waals surface area contributed by atoms with Crippen molar-refractivity contribution in [2.45, 2.75) is 90.9 Å². The van der Waals surface area contributed by atoms with Crippen LogP contribution in [0.25, 0.3) is 83.2 Å². The Morgan fingerprint density at radius 2 is 1.16 bits per heavy atom. The lowest BCUT2D eigenvalue weighted by molar-refractivity contribution is 0.584. The van der Waals surface area contributed by atoms with E-state index in [-0.39, 0.29) is 21.7 Å². The number of rotatable bonds is 4. The number of nitrogens with one attached hydrogen (secondary N) is 1. The first-order valence-electron chi connectivity index (χ1n) is 24.5. The summed E-state index contributed by atoms with van der Waals surface area (Å²) in [5, 5.41) is 7.74. The van der Waals surface area contributed by atoms with Crippen molar-refractivity contribution in [1.82, 2.24) is 4.57 Å². The Bertz CT molecular complexity index is 3790. The van der Waals surface area contributed by atoms with Crippen molar-refractivity contribution in [3.8, 4) is 50.4 Å². The zero-order valence-electron chi connectivity index (χ0n) is 41.0. The molecule has 2 aromatic heterocycles. The molecular weight excluding hydrogens is 824 g/mol. The van der Waals surface area contributed by atoms with Gasteiger partial charge in [0.15, 0.2) is 7.28 Å². The first kappa shape index (κ1) is 41.2. The number of benzene rings is 8. The third kappa shape index (κ3) is 5.85. The Hall–Kier alpha value is -7.04. The summed E-state index contributed by atoms with van der Waals surface area (Å²) >= 11 is 0. The highest BCUT2D eigenvalue weighted by Gasteiger charge is 2.40. The van der Waals surface area contributed by atoms with Gasteiger partial charge >= 0.3 is 0 Å². The lowest BCUT2D eigenvalue weighted by Crippen LogP contribution is -2.37. The smallest absolute Gasteiger partial charge is 0.198 e. The van der Waals surface area contributed by atoms with Crippen molar-refractivity contribution in [2.75, 3.05) is 5.32 Å². The van der Waals surface area contributed by atoms with E-state index in [0.717, 1.165) is 40.9 Å². The molecule has 8 aromatic carbocycles. The third-order valence-electron chi connectivity index (χ3n) is 16.1. The predicted molar refractivity (Wildman–Crippen MR) is 290 cm³/mol. The van der Waals surface area contributed by atoms with Crippen LogP contribution in [-0.4, -0.2) is 11.8 Å². The Morgan fingerprint density at radius 1 is 0.515 bits per heavy atom. The van der Waals surface area contributed by atoms with Gasteiger partial charge in [-0.2, -0.15) is 0 Å². The number of nitrogens with zero attached hydrogens (tertiary/aromatic N) is 1. The quantitative estimate of drug-likeness (QED) is 0.179. The lowest BCUT2D eigenvalue weighted by atomic mass is 9.59. The highest BCUT2D eigenvalue weighted by Crippen LogP contribution is 2.54. The van der Waals surface area contributed by atoms with Crippen LogP contribution in [0.1, 0.15) is 103 Å². The second-order valence-electron chi connectivity index (χ2n) is 23.1. The Morgan fingerprint density at radius 3 is 1.93 bits per heavy atom. The van der Waals surface area contributed by atoms with Gasteiger partial charge in [0.1, 0.15) is 11.3 Å². The zero-order chi connectivity index (χ0) is 46.8. The van der Waals surface area contributed by atoms with Gasteiger partial charge in [0, 0.05) is 60.7 Å². The Kier molecular flexibility index (Phi) is 8.35. The standard InChI is InChI=1S/C64H57BN2O/c1-61(2,3)38-20-23-40(24-21-38)66-54-34-52-45(42-25-22-39(62(4,5)6)30-50(42)64(52,9)10)31-47(54)43-26-27-44-48-32-51-46(41-18-14-15-19-49(41)63(51,7)8)33-55(48)67-56-28-37-29-57(36-16-12-11-13-17-36)68-58(37)35-53(56)65-59(43)60(44)67/h11-35,65-66H,1-10H3. The zero-order valence-corrected chi connectivity index (χ0v) is 41.0. The van der Waals surface area contributed by atoms with Crippen molar-refractivity contribution >= 4 is 62.4 Å². The molecule has 3 aliphatic rings. The van der Waals surface area contributed by atoms with Crippen LogP contribution in [0.3, 0.4) is 0 Å². The molecule has 68 heavy (non-hydrogen) atoms. The average molecular weight is 881 g/mol. The van der Waals surface area contributed by atoms with Crippen LogP contribution in [0, 0.1) is 0 Å². The predicted octanol–water partition coefficient (Wildman–Crippen LogP) is 15.5. The second kappa shape index (κ2) is 13.8. The van der Waals surface area contributed by atoms with Crippen LogP contribution in [0.4, 0.5) is 11.4 Å². The van der Waals surface area contributed by atoms with E-state index in [1.807, 2.05) is 0 Å². The molecule has 0 saturated heterocycles. The SMILES string of the molecule is CC(C)(C)c1ccc(Nc2cc3c(cc2-c2ccc4c5cc6c(cc5n5c4c2Bc2cc4oc(-c7ccccc7)cc4cc2-5)-c2ccccc2C6(C)C)-c2ccc(C(C)(C)C)cc2C3(C)C)cc1. The van der Waals surface area contributed by atoms with E-state index >= 15 is 0 Å². The fourth-order valence-electron chi connectivity index (χ4n) is 12.2. The van der Waals surface area contributed by atoms with Crippen LogP contribution >= 0.6 is 0 Å². The molecule has 1 aliphatic heterocycles. The van der Waals surface area contributed by atoms with Crippen molar-refractivity contribution in [3.63, 3.8) is 0 Å². The maximum Gasteiger partial charge on any atom is 0.198 e. The van der Waals surface area contributed by atoms with Gasteiger partial charge in [-0.15, -0.1) is 0 Å². The highest BCUT2D eigenvalue weighted by atomic mass is 16.3. The largest absolute Gasteiger partial charge is 0.456 e. The summed E-state index contributed by atoms with van der Waals surface area (Å²) in [7, 11) is 0.775. The summed E-state index contributed by atoms with van der Waals surface area (Å²) in [4.78, 5) is 0. The first-order valence-corrected chi connectivity index (χ1v) is 24.5. The van der Waals surface area contributed by atoms with Crippen LogP contribution in [0.15, 0.2) is 156 Å². The van der Waals surface area contributed by atoms with E-state index in [1.165, 1.54) is 105 Å². The summed E-state index contributed by atoms with van der Waals surface area (Å²) in [5.74, 6) is 0.891. The molecule has 0 atom stereocenters. The van der Waals surface area contributed by atoms with Gasteiger partial charge in [-0.05, 0) is 132 Å². The van der Waals surface area contributed by atoms with E-state index in [2.05, 4.69) is 231 Å². The minimum Gasteiger partial charge on any atom is -0.456 e. The van der Waals surface area contributed by atoms with Crippen LogP contribution < -0.4 is 16.2 Å². The third-order valence-corrected chi connectivity index (χ3v) is 16.1. The van der Waals surface area contributed by atoms with Crippen molar-refractivity contribution in [3.05, 3.63) is 185 Å². The molecule has 0 saturated carbocycles. The second-order valence-corrected chi connectivity index (χ2v) is 23.1. The molecule has 0 spiro atoms. The van der Waals surface area contributed by atoms with Gasteiger partial charge in [0.05, 0.1) is 5.52 Å². The molecule has 1 N–H and O–H groups in total. The monoisotopic (exact) mass is 880 g/mol. The molecule has 13 rings (SSSR count). The molecule has 332 valence electrons.